The second kappa shape index (κ2) is 9.44. The van der Waals surface area contributed by atoms with Crippen molar-refractivity contribution < 1.29 is 19.1 Å². The monoisotopic (exact) mass is 300 g/mol. The summed E-state index contributed by atoms with van der Waals surface area (Å²) in [6, 6.07) is 0. The van der Waals surface area contributed by atoms with E-state index in [-0.39, 0.29) is 24.9 Å². The smallest absolute Gasteiger partial charge is 0.311 e. The van der Waals surface area contributed by atoms with Crippen LogP contribution < -0.4 is 5.32 Å². The van der Waals surface area contributed by atoms with Crippen molar-refractivity contribution in [3.05, 3.63) is 11.1 Å². The molecule has 1 amide bonds. The van der Waals surface area contributed by atoms with Crippen molar-refractivity contribution >= 4 is 28.3 Å². The van der Waals surface area contributed by atoms with Gasteiger partial charge in [0, 0.05) is 12.0 Å². The molecule has 112 valence electrons. The Kier molecular flexibility index (Phi) is 7.82. The van der Waals surface area contributed by atoms with Gasteiger partial charge in [-0.1, -0.05) is 13.3 Å². The van der Waals surface area contributed by atoms with Gasteiger partial charge in [0.15, 0.2) is 5.13 Å². The van der Waals surface area contributed by atoms with Gasteiger partial charge < -0.3 is 9.47 Å². The van der Waals surface area contributed by atoms with Crippen LogP contribution in [0.4, 0.5) is 5.13 Å². The highest BCUT2D eigenvalue weighted by molar-refractivity contribution is 7.13. The molecule has 7 heteroatoms. The molecule has 0 aliphatic heterocycles. The molecule has 1 N–H and O–H groups in total. The SMILES string of the molecule is CCCCOCC(=O)Nc1nc(CC(=O)OCC)cs1. The molecule has 0 bridgehead atoms. The molecule has 0 spiro atoms. The van der Waals surface area contributed by atoms with Crippen molar-refractivity contribution in [2.45, 2.75) is 33.1 Å². The summed E-state index contributed by atoms with van der Waals surface area (Å²) < 4.78 is 10.0. The summed E-state index contributed by atoms with van der Waals surface area (Å²) in [6.07, 6.45) is 2.09. The highest BCUT2D eigenvalue weighted by Gasteiger charge is 2.10. The third-order valence-corrected chi connectivity index (χ3v) is 3.11. The van der Waals surface area contributed by atoms with Crippen LogP contribution in [-0.2, 0) is 25.5 Å². The van der Waals surface area contributed by atoms with E-state index in [0.29, 0.717) is 24.0 Å². The summed E-state index contributed by atoms with van der Waals surface area (Å²) in [5, 5.41) is 4.83. The van der Waals surface area contributed by atoms with Crippen LogP contribution in [0.1, 0.15) is 32.4 Å². The maximum Gasteiger partial charge on any atom is 0.311 e. The molecule has 0 atom stereocenters. The van der Waals surface area contributed by atoms with Gasteiger partial charge in [0.2, 0.25) is 0 Å². The summed E-state index contributed by atoms with van der Waals surface area (Å²) in [7, 11) is 0. The van der Waals surface area contributed by atoms with E-state index < -0.39 is 0 Å². The number of carbonyl (C=O) groups is 2. The van der Waals surface area contributed by atoms with Crippen LogP contribution in [0.3, 0.4) is 0 Å². The topological polar surface area (TPSA) is 77.5 Å². The van der Waals surface area contributed by atoms with Crippen molar-refractivity contribution in [3.8, 4) is 0 Å². The van der Waals surface area contributed by atoms with Crippen LogP contribution in [0, 0.1) is 0 Å². The molecule has 0 aromatic carbocycles. The molecule has 20 heavy (non-hydrogen) atoms. The van der Waals surface area contributed by atoms with E-state index in [1.165, 1.54) is 11.3 Å². The Morgan fingerprint density at radius 1 is 1.40 bits per heavy atom. The van der Waals surface area contributed by atoms with Crippen molar-refractivity contribution in [1.82, 2.24) is 4.98 Å². The Hall–Kier alpha value is -1.47. The largest absolute Gasteiger partial charge is 0.466 e. The van der Waals surface area contributed by atoms with Crippen LogP contribution in [0.5, 0.6) is 0 Å². The summed E-state index contributed by atoms with van der Waals surface area (Å²) in [5.41, 5.74) is 0.593. The Morgan fingerprint density at radius 3 is 2.90 bits per heavy atom. The van der Waals surface area contributed by atoms with Crippen molar-refractivity contribution in [3.63, 3.8) is 0 Å². The standard InChI is InChI=1S/C13H20N2O4S/c1-3-5-6-18-8-11(16)15-13-14-10(9-20-13)7-12(17)19-4-2/h9H,3-8H2,1-2H3,(H,14,15,16). The van der Waals surface area contributed by atoms with E-state index in [9.17, 15) is 9.59 Å². The number of carbonyl (C=O) groups excluding carboxylic acids is 2. The summed E-state index contributed by atoms with van der Waals surface area (Å²) >= 11 is 1.28. The average molecular weight is 300 g/mol. The Bertz CT molecular complexity index is 434. The molecule has 0 saturated carbocycles. The first-order chi connectivity index (χ1) is 9.65. The van der Waals surface area contributed by atoms with Gasteiger partial charge in [0.25, 0.3) is 5.91 Å². The van der Waals surface area contributed by atoms with Gasteiger partial charge in [0.05, 0.1) is 18.7 Å². The molecule has 1 heterocycles. The van der Waals surface area contributed by atoms with Gasteiger partial charge in [-0.05, 0) is 13.3 Å². The molecule has 1 aromatic heterocycles. The number of amides is 1. The number of hydrogen-bond acceptors (Lipinski definition) is 6. The van der Waals surface area contributed by atoms with Gasteiger partial charge in [-0.25, -0.2) is 4.98 Å². The lowest BCUT2D eigenvalue weighted by molar-refractivity contribution is -0.142. The minimum atomic E-state index is -0.321. The third kappa shape index (κ3) is 6.63. The zero-order valence-electron chi connectivity index (χ0n) is 11.8. The maximum atomic E-state index is 11.5. The molecule has 1 rings (SSSR count). The number of anilines is 1. The normalized spacial score (nSPS) is 10.3. The number of nitrogens with zero attached hydrogens (tertiary/aromatic N) is 1. The number of ether oxygens (including phenoxy) is 2. The van der Waals surface area contributed by atoms with E-state index in [1.807, 2.05) is 0 Å². The predicted molar refractivity (Wildman–Crippen MR) is 76.8 cm³/mol. The van der Waals surface area contributed by atoms with Gasteiger partial charge in [-0.15, -0.1) is 11.3 Å². The Balaban J connectivity index is 2.32. The molecule has 0 aliphatic rings. The highest BCUT2D eigenvalue weighted by atomic mass is 32.1. The van der Waals surface area contributed by atoms with E-state index in [1.54, 1.807) is 12.3 Å². The Morgan fingerprint density at radius 2 is 2.20 bits per heavy atom. The average Bonchev–Trinajstić information content (AvgIpc) is 2.82. The minimum absolute atomic E-state index is 0.0206. The summed E-state index contributed by atoms with van der Waals surface area (Å²) in [5.74, 6) is -0.559. The molecule has 6 nitrogen and oxygen atoms in total. The number of hydrogen-bond donors (Lipinski definition) is 1. The number of rotatable bonds is 9. The lowest BCUT2D eigenvalue weighted by atomic mass is 10.3. The second-order valence-electron chi connectivity index (χ2n) is 4.08. The second-order valence-corrected chi connectivity index (χ2v) is 4.94. The fourth-order valence-electron chi connectivity index (χ4n) is 1.37. The molecule has 0 fully saturated rings. The first-order valence-electron chi connectivity index (χ1n) is 6.63. The van der Waals surface area contributed by atoms with E-state index in [0.717, 1.165) is 12.8 Å². The summed E-state index contributed by atoms with van der Waals surface area (Å²) in [4.78, 5) is 27.0. The molecular weight excluding hydrogens is 280 g/mol. The maximum absolute atomic E-state index is 11.5. The number of esters is 1. The fraction of sp³-hybridized carbons (Fsp3) is 0.615. The van der Waals surface area contributed by atoms with Gasteiger partial charge >= 0.3 is 5.97 Å². The zero-order chi connectivity index (χ0) is 14.8. The molecular formula is C13H20N2O4S. The summed E-state index contributed by atoms with van der Waals surface area (Å²) in [6.45, 7) is 4.76. The first kappa shape index (κ1) is 16.6. The van der Waals surface area contributed by atoms with Crippen molar-refractivity contribution in [1.29, 1.82) is 0 Å². The van der Waals surface area contributed by atoms with Crippen LogP contribution in [-0.4, -0.2) is 36.7 Å². The number of nitrogens with one attached hydrogen (secondary N) is 1. The predicted octanol–water partition coefficient (Wildman–Crippen LogP) is 2.00. The van der Waals surface area contributed by atoms with Crippen molar-refractivity contribution in [2.75, 3.05) is 25.1 Å². The minimum Gasteiger partial charge on any atom is -0.466 e. The number of thiazole rings is 1. The molecule has 1 aromatic rings. The van der Waals surface area contributed by atoms with Gasteiger partial charge in [-0.3, -0.25) is 14.9 Å². The fourth-order valence-corrected chi connectivity index (χ4v) is 2.10. The van der Waals surface area contributed by atoms with E-state index in [2.05, 4.69) is 17.2 Å². The first-order valence-corrected chi connectivity index (χ1v) is 7.51. The zero-order valence-corrected chi connectivity index (χ0v) is 12.6. The molecule has 0 radical (unpaired) electrons. The van der Waals surface area contributed by atoms with Crippen LogP contribution in [0.25, 0.3) is 0 Å². The Labute approximate surface area is 122 Å². The number of unbranched alkanes of at least 4 members (excludes halogenated alkanes) is 1. The van der Waals surface area contributed by atoms with Gasteiger partial charge in [0.1, 0.15) is 6.61 Å². The van der Waals surface area contributed by atoms with E-state index in [4.69, 9.17) is 9.47 Å². The lowest BCUT2D eigenvalue weighted by Gasteiger charge is -2.03. The highest BCUT2D eigenvalue weighted by Crippen LogP contribution is 2.16. The quantitative estimate of drug-likeness (QED) is 0.557. The number of aromatic nitrogens is 1. The van der Waals surface area contributed by atoms with Crippen molar-refractivity contribution in [2.24, 2.45) is 0 Å². The van der Waals surface area contributed by atoms with Crippen LogP contribution >= 0.6 is 11.3 Å². The van der Waals surface area contributed by atoms with Crippen LogP contribution in [0.2, 0.25) is 0 Å². The molecule has 0 unspecified atom stereocenters. The third-order valence-electron chi connectivity index (χ3n) is 2.30. The van der Waals surface area contributed by atoms with E-state index >= 15 is 0 Å². The lowest BCUT2D eigenvalue weighted by Crippen LogP contribution is -2.18. The molecule has 0 aliphatic carbocycles. The van der Waals surface area contributed by atoms with Gasteiger partial charge in [-0.2, -0.15) is 0 Å². The molecule has 0 saturated heterocycles. The van der Waals surface area contributed by atoms with Crippen LogP contribution in [0.15, 0.2) is 5.38 Å².